The van der Waals surface area contributed by atoms with Crippen LogP contribution in [0.15, 0.2) is 16.5 Å². The third kappa shape index (κ3) is 3.01. The normalized spacial score (nSPS) is 11.7. The highest BCUT2D eigenvalue weighted by Gasteiger charge is 2.15. The molecule has 0 fully saturated rings. The van der Waals surface area contributed by atoms with Crippen LogP contribution in [0.2, 0.25) is 0 Å². The minimum Gasteiger partial charge on any atom is -0.459 e. The molecule has 19 heavy (non-hydrogen) atoms. The molecule has 0 amide bonds. The topological polar surface area (TPSA) is 25.2 Å². The summed E-state index contributed by atoms with van der Waals surface area (Å²) in [5.41, 5.74) is 5.06. The number of aryl methyl sites for hydroxylation is 2. The molecule has 0 unspecified atom stereocenters. The number of fused-ring (bicyclic) bond motifs is 1. The van der Waals surface area contributed by atoms with E-state index in [1.807, 2.05) is 0 Å². The Balaban J connectivity index is 2.52. The van der Waals surface area contributed by atoms with Gasteiger partial charge in [-0.1, -0.05) is 20.8 Å². The van der Waals surface area contributed by atoms with E-state index in [4.69, 9.17) is 4.42 Å². The maximum absolute atomic E-state index is 6.08. The lowest BCUT2D eigenvalue weighted by Crippen LogP contribution is -2.12. The molecule has 0 bridgehead atoms. The van der Waals surface area contributed by atoms with Crippen molar-refractivity contribution >= 4 is 11.0 Å². The van der Waals surface area contributed by atoms with Gasteiger partial charge in [0.2, 0.25) is 0 Å². The molecule has 2 aromatic rings. The van der Waals surface area contributed by atoms with Crippen LogP contribution >= 0.6 is 0 Å². The number of nitrogens with one attached hydrogen (secondary N) is 1. The average Bonchev–Trinajstić information content (AvgIpc) is 2.65. The van der Waals surface area contributed by atoms with Crippen LogP contribution in [0.25, 0.3) is 11.0 Å². The molecule has 0 saturated carbocycles. The molecule has 104 valence electrons. The molecule has 0 aliphatic carbocycles. The third-order valence-electron chi connectivity index (χ3n) is 3.64. The van der Waals surface area contributed by atoms with E-state index in [9.17, 15) is 0 Å². The SMILES string of the molecule is CCNCc1oc2cc(C)c(C)cc2c1CC(C)C. The van der Waals surface area contributed by atoms with Gasteiger partial charge in [0.15, 0.2) is 0 Å². The van der Waals surface area contributed by atoms with Gasteiger partial charge in [0.05, 0.1) is 6.54 Å². The monoisotopic (exact) mass is 259 g/mol. The van der Waals surface area contributed by atoms with Crippen molar-refractivity contribution in [1.29, 1.82) is 0 Å². The lowest BCUT2D eigenvalue weighted by Gasteiger charge is -2.07. The van der Waals surface area contributed by atoms with Crippen LogP contribution in [0, 0.1) is 19.8 Å². The van der Waals surface area contributed by atoms with Crippen molar-refractivity contribution in [3.8, 4) is 0 Å². The Morgan fingerprint density at radius 3 is 2.47 bits per heavy atom. The molecule has 0 saturated heterocycles. The fourth-order valence-corrected chi connectivity index (χ4v) is 2.47. The van der Waals surface area contributed by atoms with Gasteiger partial charge in [-0.3, -0.25) is 0 Å². The van der Waals surface area contributed by atoms with Crippen molar-refractivity contribution in [3.05, 3.63) is 34.6 Å². The molecular weight excluding hydrogens is 234 g/mol. The quantitative estimate of drug-likeness (QED) is 0.863. The Bertz CT molecular complexity index is 566. The first kappa shape index (κ1) is 14.1. The highest BCUT2D eigenvalue weighted by atomic mass is 16.3. The second-order valence-electron chi connectivity index (χ2n) is 5.81. The van der Waals surface area contributed by atoms with Crippen molar-refractivity contribution in [2.75, 3.05) is 6.54 Å². The van der Waals surface area contributed by atoms with Crippen molar-refractivity contribution in [3.63, 3.8) is 0 Å². The number of hydrogen-bond acceptors (Lipinski definition) is 2. The first-order valence-electron chi connectivity index (χ1n) is 7.25. The molecule has 1 aromatic carbocycles. The molecule has 2 nitrogen and oxygen atoms in total. The second-order valence-corrected chi connectivity index (χ2v) is 5.81. The van der Waals surface area contributed by atoms with E-state index in [1.54, 1.807) is 0 Å². The van der Waals surface area contributed by atoms with Crippen LogP contribution in [0.3, 0.4) is 0 Å². The zero-order chi connectivity index (χ0) is 14.0. The molecule has 2 rings (SSSR count). The summed E-state index contributed by atoms with van der Waals surface area (Å²) in [5, 5.41) is 4.67. The van der Waals surface area contributed by atoms with Gasteiger partial charge >= 0.3 is 0 Å². The van der Waals surface area contributed by atoms with Crippen LogP contribution in [-0.2, 0) is 13.0 Å². The number of furan rings is 1. The average molecular weight is 259 g/mol. The molecule has 2 heteroatoms. The first-order valence-corrected chi connectivity index (χ1v) is 7.25. The van der Waals surface area contributed by atoms with E-state index in [0.29, 0.717) is 5.92 Å². The maximum atomic E-state index is 6.08. The van der Waals surface area contributed by atoms with Gasteiger partial charge in [0, 0.05) is 10.9 Å². The summed E-state index contributed by atoms with van der Waals surface area (Å²) in [6.45, 7) is 12.8. The van der Waals surface area contributed by atoms with Crippen LogP contribution in [0.4, 0.5) is 0 Å². The van der Waals surface area contributed by atoms with Gasteiger partial charge < -0.3 is 9.73 Å². The fourth-order valence-electron chi connectivity index (χ4n) is 2.47. The van der Waals surface area contributed by atoms with Gasteiger partial charge in [-0.2, -0.15) is 0 Å². The summed E-state index contributed by atoms with van der Waals surface area (Å²) in [6.07, 6.45) is 1.08. The van der Waals surface area contributed by atoms with Gasteiger partial charge in [-0.15, -0.1) is 0 Å². The van der Waals surface area contributed by atoms with Gasteiger partial charge in [-0.05, 0) is 56.0 Å². The summed E-state index contributed by atoms with van der Waals surface area (Å²) < 4.78 is 6.08. The standard InChI is InChI=1S/C17H25NO/c1-6-18-10-17-14(7-11(2)3)15-8-12(4)13(5)9-16(15)19-17/h8-9,11,18H,6-7,10H2,1-5H3. The Morgan fingerprint density at radius 2 is 1.84 bits per heavy atom. The van der Waals surface area contributed by atoms with E-state index in [2.05, 4.69) is 52.1 Å². The molecule has 0 aliphatic rings. The van der Waals surface area contributed by atoms with E-state index in [1.165, 1.54) is 22.1 Å². The highest BCUT2D eigenvalue weighted by molar-refractivity contribution is 5.84. The van der Waals surface area contributed by atoms with Crippen LogP contribution in [0.5, 0.6) is 0 Å². The Kier molecular flexibility index (Phi) is 4.31. The largest absolute Gasteiger partial charge is 0.459 e. The summed E-state index contributed by atoms with van der Waals surface area (Å²) in [4.78, 5) is 0. The predicted octanol–water partition coefficient (Wildman–Crippen LogP) is 4.36. The fraction of sp³-hybridized carbons (Fsp3) is 0.529. The highest BCUT2D eigenvalue weighted by Crippen LogP contribution is 2.30. The van der Waals surface area contributed by atoms with E-state index in [0.717, 1.165) is 30.9 Å². The zero-order valence-corrected chi connectivity index (χ0v) is 12.8. The van der Waals surface area contributed by atoms with Gasteiger partial charge in [0.25, 0.3) is 0 Å². The smallest absolute Gasteiger partial charge is 0.134 e. The van der Waals surface area contributed by atoms with Crippen molar-refractivity contribution in [1.82, 2.24) is 5.32 Å². The molecule has 1 aromatic heterocycles. The lowest BCUT2D eigenvalue weighted by molar-refractivity contribution is 0.506. The minimum atomic E-state index is 0.641. The summed E-state index contributed by atoms with van der Waals surface area (Å²) >= 11 is 0. The van der Waals surface area contributed by atoms with Gasteiger partial charge in [-0.25, -0.2) is 0 Å². The molecule has 1 heterocycles. The molecule has 0 aliphatic heterocycles. The molecule has 0 spiro atoms. The van der Waals surface area contributed by atoms with E-state index < -0.39 is 0 Å². The third-order valence-corrected chi connectivity index (χ3v) is 3.64. The Hall–Kier alpha value is -1.28. The second kappa shape index (κ2) is 5.79. The van der Waals surface area contributed by atoms with Gasteiger partial charge in [0.1, 0.15) is 11.3 Å². The van der Waals surface area contributed by atoms with Crippen LogP contribution in [0.1, 0.15) is 43.2 Å². The summed E-state index contributed by atoms with van der Waals surface area (Å²) in [6, 6.07) is 4.45. The van der Waals surface area contributed by atoms with Crippen LogP contribution in [-0.4, -0.2) is 6.54 Å². The van der Waals surface area contributed by atoms with Crippen molar-refractivity contribution in [2.24, 2.45) is 5.92 Å². The van der Waals surface area contributed by atoms with Crippen LogP contribution < -0.4 is 5.32 Å². The maximum Gasteiger partial charge on any atom is 0.134 e. The Morgan fingerprint density at radius 1 is 1.16 bits per heavy atom. The predicted molar refractivity (Wildman–Crippen MR) is 81.6 cm³/mol. The minimum absolute atomic E-state index is 0.641. The molecule has 1 N–H and O–H groups in total. The van der Waals surface area contributed by atoms with E-state index >= 15 is 0 Å². The number of benzene rings is 1. The molecular formula is C17H25NO. The zero-order valence-electron chi connectivity index (χ0n) is 12.8. The molecule has 0 atom stereocenters. The Labute approximate surface area is 116 Å². The van der Waals surface area contributed by atoms with Crippen molar-refractivity contribution in [2.45, 2.75) is 47.6 Å². The van der Waals surface area contributed by atoms with Crippen molar-refractivity contribution < 1.29 is 4.42 Å². The van der Waals surface area contributed by atoms with E-state index in [-0.39, 0.29) is 0 Å². The number of rotatable bonds is 5. The first-order chi connectivity index (χ1) is 9.02. The molecule has 0 radical (unpaired) electrons. The summed E-state index contributed by atoms with van der Waals surface area (Å²) in [7, 11) is 0. The summed E-state index contributed by atoms with van der Waals surface area (Å²) in [5.74, 6) is 1.75. The number of hydrogen-bond donors (Lipinski definition) is 1. The lowest BCUT2D eigenvalue weighted by atomic mass is 9.97.